The van der Waals surface area contributed by atoms with Crippen molar-refractivity contribution in [3.63, 3.8) is 0 Å². The molecule has 0 unspecified atom stereocenters. The van der Waals surface area contributed by atoms with E-state index in [2.05, 4.69) is 4.98 Å². The molecule has 4 N–H and O–H groups in total. The van der Waals surface area contributed by atoms with Crippen molar-refractivity contribution in [3.8, 4) is 11.5 Å². The SMILES string of the molecule is Nc1cccc(N)c1-c1nc2ccc(Cl)cc2o1. The molecule has 18 heavy (non-hydrogen) atoms. The third-order valence-electron chi connectivity index (χ3n) is 2.69. The fourth-order valence-corrected chi connectivity index (χ4v) is 2.00. The van der Waals surface area contributed by atoms with Crippen LogP contribution in [0.1, 0.15) is 0 Å². The first-order valence-corrected chi connectivity index (χ1v) is 5.73. The van der Waals surface area contributed by atoms with E-state index in [4.69, 9.17) is 27.5 Å². The summed E-state index contributed by atoms with van der Waals surface area (Å²) in [7, 11) is 0. The minimum absolute atomic E-state index is 0.405. The number of benzene rings is 2. The zero-order chi connectivity index (χ0) is 12.7. The van der Waals surface area contributed by atoms with Crippen molar-refractivity contribution in [1.29, 1.82) is 0 Å². The molecule has 3 rings (SSSR count). The van der Waals surface area contributed by atoms with Crippen molar-refractivity contribution >= 4 is 34.1 Å². The maximum absolute atomic E-state index is 5.90. The molecule has 0 atom stereocenters. The molecule has 4 nitrogen and oxygen atoms in total. The second kappa shape index (κ2) is 3.92. The number of rotatable bonds is 1. The van der Waals surface area contributed by atoms with Crippen molar-refractivity contribution in [2.45, 2.75) is 0 Å². The predicted octanol–water partition coefficient (Wildman–Crippen LogP) is 3.31. The maximum atomic E-state index is 5.90. The highest BCUT2D eigenvalue weighted by atomic mass is 35.5. The molecule has 0 amide bonds. The van der Waals surface area contributed by atoms with Gasteiger partial charge in [-0.2, -0.15) is 0 Å². The molecule has 0 fully saturated rings. The molecule has 0 aliphatic rings. The fourth-order valence-electron chi connectivity index (χ4n) is 1.84. The highest BCUT2D eigenvalue weighted by Crippen LogP contribution is 2.33. The second-order valence-corrected chi connectivity index (χ2v) is 4.38. The van der Waals surface area contributed by atoms with Gasteiger partial charge in [0.1, 0.15) is 5.52 Å². The van der Waals surface area contributed by atoms with Crippen LogP contribution >= 0.6 is 11.6 Å². The van der Waals surface area contributed by atoms with Crippen molar-refractivity contribution in [2.75, 3.05) is 11.5 Å². The Hall–Kier alpha value is -2.20. The first-order valence-electron chi connectivity index (χ1n) is 5.35. The Kier molecular flexibility index (Phi) is 2.38. The van der Waals surface area contributed by atoms with Crippen LogP contribution < -0.4 is 11.5 Å². The van der Waals surface area contributed by atoms with E-state index in [1.165, 1.54) is 0 Å². The summed E-state index contributed by atoms with van der Waals surface area (Å²) in [5.74, 6) is 0.405. The van der Waals surface area contributed by atoms with Crippen molar-refractivity contribution in [3.05, 3.63) is 41.4 Å². The summed E-state index contributed by atoms with van der Waals surface area (Å²) in [6.07, 6.45) is 0. The van der Waals surface area contributed by atoms with Crippen LogP contribution in [0.5, 0.6) is 0 Å². The second-order valence-electron chi connectivity index (χ2n) is 3.94. The zero-order valence-electron chi connectivity index (χ0n) is 9.35. The van der Waals surface area contributed by atoms with E-state index in [0.717, 1.165) is 5.52 Å². The van der Waals surface area contributed by atoms with Gasteiger partial charge >= 0.3 is 0 Å². The summed E-state index contributed by atoms with van der Waals surface area (Å²) in [4.78, 5) is 4.36. The lowest BCUT2D eigenvalue weighted by molar-refractivity contribution is 0.620. The van der Waals surface area contributed by atoms with Gasteiger partial charge in [0, 0.05) is 22.5 Å². The average Bonchev–Trinajstić information content (AvgIpc) is 2.71. The van der Waals surface area contributed by atoms with Gasteiger partial charge in [-0.25, -0.2) is 4.98 Å². The summed E-state index contributed by atoms with van der Waals surface area (Å²) in [5, 5.41) is 0.596. The largest absolute Gasteiger partial charge is 0.436 e. The topological polar surface area (TPSA) is 78.1 Å². The number of halogens is 1. The van der Waals surface area contributed by atoms with Gasteiger partial charge in [0.2, 0.25) is 5.89 Å². The Morgan fingerprint density at radius 1 is 1.06 bits per heavy atom. The van der Waals surface area contributed by atoms with Crippen LogP contribution in [0.2, 0.25) is 5.02 Å². The predicted molar refractivity (Wildman–Crippen MR) is 73.3 cm³/mol. The van der Waals surface area contributed by atoms with E-state index in [0.29, 0.717) is 33.4 Å². The van der Waals surface area contributed by atoms with Crippen molar-refractivity contribution in [2.24, 2.45) is 0 Å². The first kappa shape index (κ1) is 10.9. The standard InChI is InChI=1S/C13H10ClN3O/c14-7-4-5-10-11(6-7)18-13(17-10)12-8(15)2-1-3-9(12)16/h1-6H,15-16H2. The van der Waals surface area contributed by atoms with Gasteiger partial charge in [-0.1, -0.05) is 17.7 Å². The molecule has 0 aliphatic heterocycles. The van der Waals surface area contributed by atoms with Crippen LogP contribution in [0.15, 0.2) is 40.8 Å². The number of nitrogens with two attached hydrogens (primary N) is 2. The molecular weight excluding hydrogens is 250 g/mol. The quantitative estimate of drug-likeness (QED) is 0.657. The van der Waals surface area contributed by atoms with Gasteiger partial charge in [-0.15, -0.1) is 0 Å². The van der Waals surface area contributed by atoms with E-state index < -0.39 is 0 Å². The fraction of sp³-hybridized carbons (Fsp3) is 0. The number of hydrogen-bond donors (Lipinski definition) is 2. The highest BCUT2D eigenvalue weighted by Gasteiger charge is 2.14. The van der Waals surface area contributed by atoms with Gasteiger partial charge in [0.05, 0.1) is 5.56 Å². The van der Waals surface area contributed by atoms with Crippen molar-refractivity contribution in [1.82, 2.24) is 4.98 Å². The minimum Gasteiger partial charge on any atom is -0.436 e. The molecule has 3 aromatic rings. The summed E-state index contributed by atoms with van der Waals surface area (Å²) in [5.41, 5.74) is 14.8. The molecule has 1 heterocycles. The third-order valence-corrected chi connectivity index (χ3v) is 2.93. The smallest absolute Gasteiger partial charge is 0.231 e. The van der Waals surface area contributed by atoms with Gasteiger partial charge in [0.25, 0.3) is 0 Å². The van der Waals surface area contributed by atoms with E-state index in [1.807, 2.05) is 0 Å². The Morgan fingerprint density at radius 2 is 1.78 bits per heavy atom. The molecular formula is C13H10ClN3O. The molecule has 0 spiro atoms. The van der Waals surface area contributed by atoms with E-state index in [9.17, 15) is 0 Å². The number of hydrogen-bond acceptors (Lipinski definition) is 4. The summed E-state index contributed by atoms with van der Waals surface area (Å²) in [6, 6.07) is 10.6. The van der Waals surface area contributed by atoms with E-state index >= 15 is 0 Å². The Bertz CT molecular complexity index is 716. The molecule has 1 aromatic heterocycles. The number of anilines is 2. The molecule has 0 aliphatic carbocycles. The Balaban J connectivity index is 2.26. The lowest BCUT2D eigenvalue weighted by Gasteiger charge is -2.03. The van der Waals surface area contributed by atoms with Crippen LogP contribution in [-0.2, 0) is 0 Å². The van der Waals surface area contributed by atoms with E-state index in [-0.39, 0.29) is 0 Å². The monoisotopic (exact) mass is 259 g/mol. The average molecular weight is 260 g/mol. The molecule has 90 valence electrons. The Morgan fingerprint density at radius 3 is 2.50 bits per heavy atom. The molecule has 0 bridgehead atoms. The summed E-state index contributed by atoms with van der Waals surface area (Å²) < 4.78 is 5.64. The first-order chi connectivity index (χ1) is 8.65. The van der Waals surface area contributed by atoms with Crippen LogP contribution in [0, 0.1) is 0 Å². The maximum Gasteiger partial charge on any atom is 0.231 e. The molecule has 5 heteroatoms. The lowest BCUT2D eigenvalue weighted by atomic mass is 10.1. The number of aromatic nitrogens is 1. The minimum atomic E-state index is 0.405. The van der Waals surface area contributed by atoms with E-state index in [1.54, 1.807) is 36.4 Å². The van der Waals surface area contributed by atoms with Gasteiger partial charge in [0.15, 0.2) is 5.58 Å². The molecule has 0 saturated carbocycles. The van der Waals surface area contributed by atoms with Gasteiger partial charge in [-0.3, -0.25) is 0 Å². The number of nitrogen functional groups attached to an aromatic ring is 2. The van der Waals surface area contributed by atoms with Crippen LogP contribution in [0.3, 0.4) is 0 Å². The molecule has 2 aromatic carbocycles. The summed E-state index contributed by atoms with van der Waals surface area (Å²) >= 11 is 5.90. The number of fused-ring (bicyclic) bond motifs is 1. The van der Waals surface area contributed by atoms with Crippen LogP contribution in [-0.4, -0.2) is 4.98 Å². The number of oxazole rings is 1. The van der Waals surface area contributed by atoms with Crippen LogP contribution in [0.25, 0.3) is 22.6 Å². The zero-order valence-corrected chi connectivity index (χ0v) is 10.1. The number of nitrogens with zero attached hydrogens (tertiary/aromatic N) is 1. The van der Waals surface area contributed by atoms with Crippen molar-refractivity contribution < 1.29 is 4.42 Å². The highest BCUT2D eigenvalue weighted by molar-refractivity contribution is 6.31. The lowest BCUT2D eigenvalue weighted by Crippen LogP contribution is -1.95. The van der Waals surface area contributed by atoms with Gasteiger partial charge in [-0.05, 0) is 24.3 Å². The molecule has 0 saturated heterocycles. The Labute approximate surface area is 108 Å². The summed E-state index contributed by atoms with van der Waals surface area (Å²) in [6.45, 7) is 0. The normalized spacial score (nSPS) is 10.9. The third kappa shape index (κ3) is 1.67. The van der Waals surface area contributed by atoms with Gasteiger partial charge < -0.3 is 15.9 Å². The van der Waals surface area contributed by atoms with Crippen LogP contribution in [0.4, 0.5) is 11.4 Å². The molecule has 0 radical (unpaired) electrons.